The molecular weight excluding hydrogens is 510 g/mol. The molecule has 1 saturated heterocycles. The van der Waals surface area contributed by atoms with E-state index < -0.39 is 10.0 Å². The summed E-state index contributed by atoms with van der Waals surface area (Å²) >= 11 is 1.41. The Labute approximate surface area is 221 Å². The van der Waals surface area contributed by atoms with Gasteiger partial charge in [-0.2, -0.15) is 4.31 Å². The highest BCUT2D eigenvalue weighted by molar-refractivity contribution is 7.89. The van der Waals surface area contributed by atoms with Crippen molar-refractivity contribution in [1.82, 2.24) is 9.29 Å². The summed E-state index contributed by atoms with van der Waals surface area (Å²) in [7, 11) is -3.76. The van der Waals surface area contributed by atoms with Crippen molar-refractivity contribution >= 4 is 42.6 Å². The second-order valence-corrected chi connectivity index (χ2v) is 11.5. The fraction of sp³-hybridized carbons (Fsp3) is 0.333. The highest BCUT2D eigenvalue weighted by Gasteiger charge is 2.28. The van der Waals surface area contributed by atoms with Crippen LogP contribution in [0.25, 0.3) is 10.2 Å². The van der Waals surface area contributed by atoms with Crippen LogP contribution in [0, 0.1) is 0 Å². The van der Waals surface area contributed by atoms with Crippen LogP contribution in [0.3, 0.4) is 0 Å². The van der Waals surface area contributed by atoms with Crippen LogP contribution in [0.1, 0.15) is 30.1 Å². The number of rotatable bonds is 12. The Morgan fingerprint density at radius 1 is 1.19 bits per heavy atom. The zero-order valence-electron chi connectivity index (χ0n) is 20.8. The summed E-state index contributed by atoms with van der Waals surface area (Å²) in [5.41, 5.74) is 1.14. The molecule has 1 atom stereocenters. The topological polar surface area (TPSA) is 89.0 Å². The molecule has 0 saturated carbocycles. The van der Waals surface area contributed by atoms with Crippen molar-refractivity contribution in [2.45, 2.75) is 30.8 Å². The first-order chi connectivity index (χ1) is 17.9. The first-order valence-corrected chi connectivity index (χ1v) is 14.4. The fourth-order valence-corrected chi connectivity index (χ4v) is 6.52. The zero-order valence-corrected chi connectivity index (χ0v) is 22.5. The van der Waals surface area contributed by atoms with Gasteiger partial charge in [-0.25, -0.2) is 13.4 Å². The molecule has 196 valence electrons. The molecule has 3 aromatic rings. The first-order valence-electron chi connectivity index (χ1n) is 12.2. The number of carbonyl (C=O) groups is 1. The van der Waals surface area contributed by atoms with Gasteiger partial charge in [0.1, 0.15) is 5.75 Å². The van der Waals surface area contributed by atoms with Gasteiger partial charge in [-0.1, -0.05) is 23.5 Å². The van der Waals surface area contributed by atoms with E-state index in [1.54, 1.807) is 4.90 Å². The second kappa shape index (κ2) is 12.0. The normalized spacial score (nSPS) is 15.7. The number of aromatic nitrogens is 1. The molecule has 0 bridgehead atoms. The van der Waals surface area contributed by atoms with Crippen LogP contribution in [0.15, 0.2) is 72.7 Å². The monoisotopic (exact) mass is 541 g/mol. The van der Waals surface area contributed by atoms with Gasteiger partial charge in [0.25, 0.3) is 5.91 Å². The second-order valence-electron chi connectivity index (χ2n) is 8.53. The van der Waals surface area contributed by atoms with Crippen LogP contribution in [-0.2, 0) is 14.8 Å². The minimum absolute atomic E-state index is 0.0824. The van der Waals surface area contributed by atoms with Gasteiger partial charge in [0.05, 0.1) is 34.4 Å². The maximum atomic E-state index is 13.7. The predicted molar refractivity (Wildman–Crippen MR) is 147 cm³/mol. The summed E-state index contributed by atoms with van der Waals surface area (Å²) in [6, 6.07) is 11.7. The summed E-state index contributed by atoms with van der Waals surface area (Å²) in [5, 5.41) is 0.559. The number of sulfonamides is 1. The summed E-state index contributed by atoms with van der Waals surface area (Å²) in [5.74, 6) is 0.485. The fourth-order valence-electron chi connectivity index (χ4n) is 4.14. The quantitative estimate of drug-likeness (QED) is 0.304. The molecule has 2 heterocycles. The number of anilines is 1. The van der Waals surface area contributed by atoms with Gasteiger partial charge in [-0.3, -0.25) is 9.69 Å². The van der Waals surface area contributed by atoms with Crippen molar-refractivity contribution in [1.29, 1.82) is 0 Å². The van der Waals surface area contributed by atoms with Crippen molar-refractivity contribution in [2.24, 2.45) is 0 Å². The lowest BCUT2D eigenvalue weighted by molar-refractivity contribution is 0.0917. The van der Waals surface area contributed by atoms with Crippen LogP contribution in [0.5, 0.6) is 5.75 Å². The van der Waals surface area contributed by atoms with Crippen molar-refractivity contribution in [3.63, 3.8) is 0 Å². The van der Waals surface area contributed by atoms with Crippen molar-refractivity contribution in [3.05, 3.63) is 73.3 Å². The summed E-state index contributed by atoms with van der Waals surface area (Å²) in [6.45, 7) is 11.1. The van der Waals surface area contributed by atoms with E-state index >= 15 is 0 Å². The minimum Gasteiger partial charge on any atom is -0.494 e. The lowest BCUT2D eigenvalue weighted by Gasteiger charge is -2.23. The van der Waals surface area contributed by atoms with Crippen molar-refractivity contribution in [2.75, 3.05) is 37.7 Å². The number of thiazole rings is 1. The molecule has 2 aromatic carbocycles. The third-order valence-corrected chi connectivity index (χ3v) is 8.84. The first kappa shape index (κ1) is 27.0. The van der Waals surface area contributed by atoms with Crippen molar-refractivity contribution < 1.29 is 22.7 Å². The van der Waals surface area contributed by atoms with Crippen LogP contribution in [0.4, 0.5) is 5.13 Å². The van der Waals surface area contributed by atoms with E-state index in [0.29, 0.717) is 30.5 Å². The SMILES string of the molecule is C=CCN(CC=C)S(=O)(=O)c1ccc(C(=O)N(CC2CCCO2)c2nc3ccc(OCC)cc3s2)cc1. The Kier molecular flexibility index (Phi) is 8.75. The molecule has 1 aliphatic rings. The molecule has 0 N–H and O–H groups in total. The molecule has 0 aliphatic carbocycles. The van der Waals surface area contributed by atoms with Gasteiger partial charge < -0.3 is 9.47 Å². The highest BCUT2D eigenvalue weighted by Crippen LogP contribution is 2.33. The Hall–Kier alpha value is -3.05. The van der Waals surface area contributed by atoms with E-state index in [9.17, 15) is 13.2 Å². The molecule has 1 unspecified atom stereocenters. The molecule has 1 aliphatic heterocycles. The van der Waals surface area contributed by atoms with Gasteiger partial charge >= 0.3 is 0 Å². The van der Waals surface area contributed by atoms with Gasteiger partial charge in [-0.05, 0) is 62.2 Å². The number of carbonyl (C=O) groups excluding carboxylic acids is 1. The standard InChI is InChI=1S/C27H31N3O5S2/c1-4-15-29(16-5-2)37(32,33)23-12-9-20(10-13-23)26(31)30(19-22-8-7-17-35-22)27-28-24-14-11-21(34-6-3)18-25(24)36-27/h4-5,9-14,18,22H,1-2,6-8,15-17,19H2,3H3. The maximum Gasteiger partial charge on any atom is 0.260 e. The van der Waals surface area contributed by atoms with Crippen LogP contribution >= 0.6 is 11.3 Å². The number of amides is 1. The van der Waals surface area contributed by atoms with Crippen LogP contribution in [0.2, 0.25) is 0 Å². The Bertz CT molecular complexity index is 1350. The smallest absolute Gasteiger partial charge is 0.260 e. The van der Waals surface area contributed by atoms with Crippen LogP contribution in [-0.4, -0.2) is 62.6 Å². The number of hydrogen-bond donors (Lipinski definition) is 0. The van der Waals surface area contributed by atoms with Gasteiger partial charge in [0.15, 0.2) is 5.13 Å². The molecule has 8 nitrogen and oxygen atoms in total. The Morgan fingerprint density at radius 2 is 1.92 bits per heavy atom. The molecule has 10 heteroatoms. The maximum absolute atomic E-state index is 13.7. The number of nitrogens with zero attached hydrogens (tertiary/aromatic N) is 3. The predicted octanol–water partition coefficient (Wildman–Crippen LogP) is 4.88. The van der Waals surface area contributed by atoms with Crippen molar-refractivity contribution in [3.8, 4) is 5.75 Å². The van der Waals surface area contributed by atoms with E-state index in [2.05, 4.69) is 13.2 Å². The molecular formula is C27H31N3O5S2. The minimum atomic E-state index is -3.76. The number of benzene rings is 2. The molecule has 0 spiro atoms. The van der Waals surface area contributed by atoms with Gasteiger partial charge in [-0.15, -0.1) is 13.2 Å². The number of fused-ring (bicyclic) bond motifs is 1. The molecule has 4 rings (SSSR count). The van der Waals surface area contributed by atoms with Gasteiger partial charge in [0, 0.05) is 25.3 Å². The van der Waals surface area contributed by atoms with E-state index in [1.165, 1.54) is 52.1 Å². The van der Waals surface area contributed by atoms with E-state index in [-0.39, 0.29) is 30.0 Å². The lowest BCUT2D eigenvalue weighted by Crippen LogP contribution is -2.37. The molecule has 37 heavy (non-hydrogen) atoms. The summed E-state index contributed by atoms with van der Waals surface area (Å²) in [6.07, 6.45) is 4.78. The third-order valence-electron chi connectivity index (χ3n) is 5.95. The molecule has 1 aromatic heterocycles. The van der Waals surface area contributed by atoms with E-state index in [0.717, 1.165) is 28.8 Å². The summed E-state index contributed by atoms with van der Waals surface area (Å²) < 4.78 is 39.7. The Morgan fingerprint density at radius 3 is 2.54 bits per heavy atom. The number of ether oxygens (including phenoxy) is 2. The van der Waals surface area contributed by atoms with Gasteiger partial charge in [0.2, 0.25) is 10.0 Å². The largest absolute Gasteiger partial charge is 0.494 e. The molecule has 1 amide bonds. The summed E-state index contributed by atoms with van der Waals surface area (Å²) in [4.78, 5) is 20.2. The number of hydrogen-bond acceptors (Lipinski definition) is 7. The van der Waals surface area contributed by atoms with E-state index in [1.807, 2.05) is 25.1 Å². The lowest BCUT2D eigenvalue weighted by atomic mass is 10.2. The Balaban J connectivity index is 1.64. The average molecular weight is 542 g/mol. The van der Waals surface area contributed by atoms with E-state index in [4.69, 9.17) is 14.5 Å². The van der Waals surface area contributed by atoms with Crippen LogP contribution < -0.4 is 9.64 Å². The highest BCUT2D eigenvalue weighted by atomic mass is 32.2. The zero-order chi connectivity index (χ0) is 26.4. The average Bonchev–Trinajstić information content (AvgIpc) is 3.56. The molecule has 0 radical (unpaired) electrons. The molecule has 1 fully saturated rings. The third kappa shape index (κ3) is 6.10.